The van der Waals surface area contributed by atoms with E-state index in [1.807, 2.05) is 6.92 Å². The van der Waals surface area contributed by atoms with Crippen LogP contribution in [0.2, 0.25) is 0 Å². The van der Waals surface area contributed by atoms with Crippen LogP contribution in [0.15, 0.2) is 0 Å². The first kappa shape index (κ1) is 13.2. The van der Waals surface area contributed by atoms with E-state index in [1.54, 1.807) is 0 Å². The highest BCUT2D eigenvalue weighted by Gasteiger charge is 2.70. The molecule has 0 saturated heterocycles. The summed E-state index contributed by atoms with van der Waals surface area (Å²) in [5.74, 6) is 4.09. The molecule has 0 spiro atoms. The minimum atomic E-state index is -0.891. The lowest BCUT2D eigenvalue weighted by atomic mass is 9.77. The van der Waals surface area contributed by atoms with Gasteiger partial charge in [0.25, 0.3) is 0 Å². The molecule has 0 amide bonds. The van der Waals surface area contributed by atoms with Crippen LogP contribution in [0.3, 0.4) is 0 Å². The maximum Gasteiger partial charge on any atom is 0.346 e. The summed E-state index contributed by atoms with van der Waals surface area (Å²) in [5.41, 5.74) is 0.739. The first-order valence-electron chi connectivity index (χ1n) is 7.84. The second-order valence-electron chi connectivity index (χ2n) is 6.93. The number of carboxylic acids is 1. The highest BCUT2D eigenvalue weighted by Crippen LogP contribution is 2.76. The number of fused-ring (bicyclic) bond motifs is 5. The molecule has 0 aromatic carbocycles. The van der Waals surface area contributed by atoms with E-state index in [1.165, 1.54) is 30.6 Å². The summed E-state index contributed by atoms with van der Waals surface area (Å²) in [6.07, 6.45) is 4.16. The Balaban J connectivity index is 1.60. The van der Waals surface area contributed by atoms with E-state index in [4.69, 9.17) is 17.2 Å². The number of hydrogen-bond acceptors (Lipinski definition) is 4. The van der Waals surface area contributed by atoms with Crippen molar-refractivity contribution in [3.8, 4) is 0 Å². The average molecular weight is 332 g/mol. The van der Waals surface area contributed by atoms with E-state index >= 15 is 0 Å². The average Bonchev–Trinajstić information content (AvgIpc) is 2.75. The fourth-order valence-corrected chi connectivity index (χ4v) is 6.63. The van der Waals surface area contributed by atoms with E-state index in [0.29, 0.717) is 15.4 Å². The predicted molar refractivity (Wildman–Crippen MR) is 87.1 cm³/mol. The summed E-state index contributed by atoms with van der Waals surface area (Å²) in [6, 6.07) is 0. The summed E-state index contributed by atoms with van der Waals surface area (Å²) in [5, 5.41) is 10.1. The minimum Gasteiger partial charge on any atom is -0.477 e. The number of hydrogen-bond donors (Lipinski definition) is 2. The van der Waals surface area contributed by atoms with Gasteiger partial charge in [0, 0.05) is 11.3 Å². The van der Waals surface area contributed by atoms with Gasteiger partial charge in [0.15, 0.2) is 0 Å². The van der Waals surface area contributed by atoms with Crippen LogP contribution in [0.25, 0.3) is 10.2 Å². The largest absolute Gasteiger partial charge is 0.477 e. The van der Waals surface area contributed by atoms with Gasteiger partial charge in [-0.15, -0.1) is 11.3 Å². The first-order valence-corrected chi connectivity index (χ1v) is 9.07. The molecule has 22 heavy (non-hydrogen) atoms. The number of nitrogens with zero attached hydrogens (tertiary/aromatic N) is 1. The third-order valence-corrected chi connectivity index (χ3v) is 7.56. The molecule has 5 atom stereocenters. The van der Waals surface area contributed by atoms with Gasteiger partial charge in [0.2, 0.25) is 0 Å². The number of aromatic carboxylic acids is 1. The van der Waals surface area contributed by atoms with Gasteiger partial charge < -0.3 is 10.1 Å². The van der Waals surface area contributed by atoms with Crippen molar-refractivity contribution < 1.29 is 9.90 Å². The molecule has 2 heterocycles. The number of carbonyl (C=O) groups is 1. The highest BCUT2D eigenvalue weighted by atomic mass is 32.1. The molecule has 0 bridgehead atoms. The molecule has 0 aliphatic heterocycles. The Morgan fingerprint density at radius 2 is 2.05 bits per heavy atom. The van der Waals surface area contributed by atoms with E-state index in [-0.39, 0.29) is 0 Å². The highest BCUT2D eigenvalue weighted by molar-refractivity contribution is 7.71. The van der Waals surface area contributed by atoms with E-state index < -0.39 is 5.97 Å². The zero-order chi connectivity index (χ0) is 15.2. The molecule has 3 saturated carbocycles. The number of thiophene rings is 1. The topological polar surface area (TPSA) is 66.0 Å². The Kier molecular flexibility index (Phi) is 2.50. The second-order valence-corrected chi connectivity index (χ2v) is 8.34. The van der Waals surface area contributed by atoms with Crippen LogP contribution < -0.4 is 0 Å². The molecule has 3 aliphatic carbocycles. The van der Waals surface area contributed by atoms with Gasteiger partial charge in [-0.05, 0) is 49.0 Å². The van der Waals surface area contributed by atoms with Gasteiger partial charge in [-0.1, -0.05) is 18.6 Å². The third kappa shape index (κ3) is 1.50. The summed E-state index contributed by atoms with van der Waals surface area (Å²) in [6.45, 7) is 1.82. The van der Waals surface area contributed by atoms with Crippen molar-refractivity contribution in [2.45, 2.75) is 32.1 Å². The monoisotopic (exact) mass is 332 g/mol. The van der Waals surface area contributed by atoms with Crippen molar-refractivity contribution in [1.82, 2.24) is 9.97 Å². The zero-order valence-electron chi connectivity index (χ0n) is 12.1. The molecule has 0 radical (unpaired) electrons. The Morgan fingerprint density at radius 1 is 1.36 bits per heavy atom. The van der Waals surface area contributed by atoms with Crippen LogP contribution >= 0.6 is 23.6 Å². The van der Waals surface area contributed by atoms with Gasteiger partial charge in [-0.3, -0.25) is 0 Å². The molecule has 4 unspecified atom stereocenters. The molecule has 114 valence electrons. The van der Waals surface area contributed by atoms with E-state index in [2.05, 4.69) is 4.98 Å². The van der Waals surface area contributed by atoms with Crippen molar-refractivity contribution in [1.29, 1.82) is 0 Å². The van der Waals surface area contributed by atoms with Crippen LogP contribution in [0.5, 0.6) is 0 Å². The van der Waals surface area contributed by atoms with Crippen molar-refractivity contribution in [3.63, 3.8) is 0 Å². The maximum absolute atomic E-state index is 11.3. The zero-order valence-corrected chi connectivity index (χ0v) is 13.8. The molecule has 2 aromatic heterocycles. The smallest absolute Gasteiger partial charge is 0.346 e. The fourth-order valence-electron chi connectivity index (χ4n) is 5.18. The van der Waals surface area contributed by atoms with Crippen molar-refractivity contribution in [3.05, 3.63) is 20.9 Å². The fraction of sp³-hybridized carbons (Fsp3) is 0.562. The summed E-state index contributed by atoms with van der Waals surface area (Å²) in [7, 11) is 0. The number of aromatic nitrogens is 2. The van der Waals surface area contributed by atoms with Crippen LogP contribution in [0, 0.1) is 35.2 Å². The van der Waals surface area contributed by atoms with Gasteiger partial charge in [-0.2, -0.15) is 0 Å². The molecule has 2 N–H and O–H groups in total. The quantitative estimate of drug-likeness (QED) is 0.812. The summed E-state index contributed by atoms with van der Waals surface area (Å²) in [4.78, 5) is 20.5. The van der Waals surface area contributed by atoms with Crippen LogP contribution in [0.1, 0.15) is 46.2 Å². The van der Waals surface area contributed by atoms with Crippen LogP contribution in [-0.4, -0.2) is 21.0 Å². The first-order chi connectivity index (χ1) is 10.6. The summed E-state index contributed by atoms with van der Waals surface area (Å²) >= 11 is 6.75. The molecule has 3 fully saturated rings. The molecular formula is C16H16N2O2S2. The Hall–Kier alpha value is -1.27. The lowest BCUT2D eigenvalue weighted by Crippen LogP contribution is -2.23. The van der Waals surface area contributed by atoms with Gasteiger partial charge in [0.1, 0.15) is 20.2 Å². The van der Waals surface area contributed by atoms with Gasteiger partial charge in [0.05, 0.1) is 0 Å². The maximum atomic E-state index is 11.3. The van der Waals surface area contributed by atoms with E-state index in [9.17, 15) is 9.90 Å². The minimum absolute atomic E-state index is 0.356. The number of aryl methyl sites for hydroxylation is 1. The third-order valence-electron chi connectivity index (χ3n) is 6.08. The van der Waals surface area contributed by atoms with Crippen molar-refractivity contribution in [2.75, 3.05) is 0 Å². The molecule has 6 heteroatoms. The number of rotatable bonds is 2. The lowest BCUT2D eigenvalue weighted by molar-refractivity contribution is 0.0701. The SMILES string of the molecule is Cc1c(C(=O)O)sc2nc(C3C4C5CCC[C@H]5C34)[nH]c(=S)c12. The molecule has 4 nitrogen and oxygen atoms in total. The molecule has 2 aromatic rings. The van der Waals surface area contributed by atoms with Crippen LogP contribution in [0.4, 0.5) is 0 Å². The lowest BCUT2D eigenvalue weighted by Gasteiger charge is -2.28. The van der Waals surface area contributed by atoms with E-state index in [0.717, 1.165) is 45.3 Å². The number of nitrogens with one attached hydrogen (secondary N) is 1. The number of H-pyrrole nitrogens is 1. The Labute approximate surface area is 136 Å². The standard InChI is InChI=1S/C16H16N2O2S2/c1-5-8-14(21)17-13(18-15(8)22-12(5)16(19)20)11-9-6-3-2-4-7(6)10(9)11/h6-7,9-11H,2-4H2,1H3,(H,19,20)(H,17,18,21)/t6-,7?,9?,10?,11?/m1/s1. The summed E-state index contributed by atoms with van der Waals surface area (Å²) < 4.78 is 0.651. The molecular weight excluding hydrogens is 316 g/mol. The molecule has 3 aliphatic rings. The Morgan fingerprint density at radius 3 is 2.68 bits per heavy atom. The van der Waals surface area contributed by atoms with Gasteiger partial charge in [-0.25, -0.2) is 9.78 Å². The second kappa shape index (κ2) is 4.17. The number of carboxylic acid groups (broad SMARTS) is 1. The number of aromatic amines is 1. The van der Waals surface area contributed by atoms with Crippen LogP contribution in [-0.2, 0) is 0 Å². The van der Waals surface area contributed by atoms with Gasteiger partial charge >= 0.3 is 5.97 Å². The Bertz CT molecular complexity index is 868. The predicted octanol–water partition coefficient (Wildman–Crippen LogP) is 4.12. The van der Waals surface area contributed by atoms with Crippen molar-refractivity contribution in [2.24, 2.45) is 23.7 Å². The molecule has 5 rings (SSSR count). The van der Waals surface area contributed by atoms with Crippen molar-refractivity contribution >= 4 is 39.7 Å². The normalized spacial score (nSPS) is 35.0.